The molecule has 118 valence electrons. The van der Waals surface area contributed by atoms with Gasteiger partial charge in [-0.1, -0.05) is 0 Å². The van der Waals surface area contributed by atoms with Crippen LogP contribution in [0.4, 0.5) is 23.2 Å². The van der Waals surface area contributed by atoms with Crippen LogP contribution < -0.4 is 10.3 Å². The molecule has 1 amide bonds. The molecule has 2 heterocycles. The van der Waals surface area contributed by atoms with Crippen LogP contribution in [0.2, 0.25) is 0 Å². The highest BCUT2D eigenvalue weighted by Gasteiger charge is 2.49. The molecule has 0 aliphatic carbocycles. The number of alkyl halides is 3. The van der Waals surface area contributed by atoms with Crippen molar-refractivity contribution in [2.24, 2.45) is 10.5 Å². The van der Waals surface area contributed by atoms with Crippen LogP contribution in [0.25, 0.3) is 0 Å². The number of amides is 1. The fourth-order valence-electron chi connectivity index (χ4n) is 2.72. The molecular weight excluding hydrogens is 302 g/mol. The summed E-state index contributed by atoms with van der Waals surface area (Å²) in [6, 6.07) is 2.44. The van der Waals surface area contributed by atoms with E-state index in [0.717, 1.165) is 11.1 Å². The van der Waals surface area contributed by atoms with Gasteiger partial charge in [0.05, 0.1) is 17.0 Å². The topological polar surface area (TPSA) is 44.7 Å². The number of benzene rings is 1. The third kappa shape index (κ3) is 2.18. The molecule has 2 aliphatic heterocycles. The first kappa shape index (κ1) is 15.0. The van der Waals surface area contributed by atoms with Crippen LogP contribution in [0, 0.1) is 11.2 Å². The van der Waals surface area contributed by atoms with Crippen LogP contribution >= 0.6 is 0 Å². The maximum atomic E-state index is 13.4. The van der Waals surface area contributed by atoms with E-state index in [1.807, 2.05) is 0 Å². The van der Waals surface area contributed by atoms with Crippen molar-refractivity contribution in [1.29, 1.82) is 0 Å². The summed E-state index contributed by atoms with van der Waals surface area (Å²) in [5, 5.41) is 8.17. The largest absolute Gasteiger partial charge is 0.419 e. The molecule has 0 saturated carbocycles. The number of piperidine rings is 1. The summed E-state index contributed by atoms with van der Waals surface area (Å²) in [4.78, 5) is 12.5. The van der Waals surface area contributed by atoms with Crippen LogP contribution in [-0.2, 0) is 11.0 Å². The van der Waals surface area contributed by atoms with Crippen molar-refractivity contribution in [3.63, 3.8) is 0 Å². The van der Waals surface area contributed by atoms with E-state index in [9.17, 15) is 22.4 Å². The Balaban J connectivity index is 2.02. The maximum absolute atomic E-state index is 13.4. The van der Waals surface area contributed by atoms with Crippen molar-refractivity contribution in [2.75, 3.05) is 18.1 Å². The molecule has 2 aliphatic rings. The lowest BCUT2D eigenvalue weighted by Gasteiger charge is -2.29. The molecule has 1 saturated heterocycles. The second kappa shape index (κ2) is 4.77. The van der Waals surface area contributed by atoms with Crippen molar-refractivity contribution in [1.82, 2.24) is 5.32 Å². The van der Waals surface area contributed by atoms with Crippen LogP contribution in [0.1, 0.15) is 18.9 Å². The number of nitrogens with one attached hydrogen (secondary N) is 1. The van der Waals surface area contributed by atoms with E-state index < -0.39 is 28.9 Å². The molecule has 8 heteroatoms. The first-order valence-electron chi connectivity index (χ1n) is 6.73. The van der Waals surface area contributed by atoms with Crippen molar-refractivity contribution in [2.45, 2.75) is 19.5 Å². The minimum absolute atomic E-state index is 0.0816. The van der Waals surface area contributed by atoms with Gasteiger partial charge in [0.25, 0.3) is 5.91 Å². The number of nitrogens with zero attached hydrogens (tertiary/aromatic N) is 2. The molecule has 1 unspecified atom stereocenters. The lowest BCUT2D eigenvalue weighted by molar-refractivity contribution is -0.140. The normalized spacial score (nSPS) is 25.2. The predicted molar refractivity (Wildman–Crippen MR) is 71.9 cm³/mol. The zero-order valence-corrected chi connectivity index (χ0v) is 11.7. The molecular formula is C14H13F4N3O. The van der Waals surface area contributed by atoms with Crippen molar-refractivity contribution < 1.29 is 22.4 Å². The number of fused-ring (bicyclic) bond motifs is 1. The second-order valence-corrected chi connectivity index (χ2v) is 5.58. The highest BCUT2D eigenvalue weighted by Crippen LogP contribution is 2.38. The Bertz CT molecular complexity index is 671. The number of halogens is 4. The van der Waals surface area contributed by atoms with Crippen molar-refractivity contribution in [3.8, 4) is 0 Å². The molecule has 1 aromatic rings. The summed E-state index contributed by atoms with van der Waals surface area (Å²) in [6.45, 7) is 2.75. The molecule has 22 heavy (non-hydrogen) atoms. The summed E-state index contributed by atoms with van der Waals surface area (Å²) in [7, 11) is 0. The van der Waals surface area contributed by atoms with E-state index in [0.29, 0.717) is 37.4 Å². The van der Waals surface area contributed by atoms with E-state index >= 15 is 0 Å². The zero-order chi connectivity index (χ0) is 16.1. The summed E-state index contributed by atoms with van der Waals surface area (Å²) in [5.74, 6) is -1.78. The molecule has 0 bridgehead atoms. The van der Waals surface area contributed by atoms with E-state index in [1.54, 1.807) is 6.92 Å². The molecule has 1 aromatic carbocycles. The van der Waals surface area contributed by atoms with Gasteiger partial charge < -0.3 is 5.32 Å². The van der Waals surface area contributed by atoms with Crippen LogP contribution in [0.3, 0.4) is 0 Å². The number of hydrogen-bond donors (Lipinski definition) is 1. The van der Waals surface area contributed by atoms with Gasteiger partial charge in [0.2, 0.25) is 0 Å². The van der Waals surface area contributed by atoms with Gasteiger partial charge in [0, 0.05) is 19.5 Å². The molecule has 0 aromatic heterocycles. The summed E-state index contributed by atoms with van der Waals surface area (Å²) >= 11 is 0. The lowest BCUT2D eigenvalue weighted by atomic mass is 9.81. The Hall–Kier alpha value is -1.96. The Kier molecular flexibility index (Phi) is 3.24. The second-order valence-electron chi connectivity index (χ2n) is 5.58. The van der Waals surface area contributed by atoms with Gasteiger partial charge in [-0.2, -0.15) is 23.3 Å². The first-order chi connectivity index (χ1) is 10.2. The lowest BCUT2D eigenvalue weighted by Crippen LogP contribution is -2.49. The Morgan fingerprint density at radius 1 is 1.36 bits per heavy atom. The van der Waals surface area contributed by atoms with Crippen LogP contribution in [0.5, 0.6) is 0 Å². The molecule has 4 nitrogen and oxygen atoms in total. The SMILES string of the molecule is CC12CNCCC1=NN(c1ccc(F)c(C(F)(F)F)c1)C2=O. The fourth-order valence-corrected chi connectivity index (χ4v) is 2.72. The van der Waals surface area contributed by atoms with Gasteiger partial charge >= 0.3 is 6.18 Å². The van der Waals surface area contributed by atoms with Gasteiger partial charge in [0.1, 0.15) is 11.2 Å². The summed E-state index contributed by atoms with van der Waals surface area (Å²) in [5.41, 5.74) is -1.71. The number of carbonyl (C=O) groups excluding carboxylic acids is 1. The van der Waals surface area contributed by atoms with Gasteiger partial charge in [-0.25, -0.2) is 4.39 Å². The summed E-state index contributed by atoms with van der Waals surface area (Å²) < 4.78 is 51.7. The molecule has 1 N–H and O–H groups in total. The van der Waals surface area contributed by atoms with Crippen LogP contribution in [-0.4, -0.2) is 24.7 Å². The number of carbonyl (C=O) groups is 1. The van der Waals surface area contributed by atoms with Gasteiger partial charge in [-0.05, 0) is 25.1 Å². The highest BCUT2D eigenvalue weighted by molar-refractivity contribution is 6.19. The maximum Gasteiger partial charge on any atom is 0.419 e. The van der Waals surface area contributed by atoms with E-state index in [2.05, 4.69) is 10.4 Å². The van der Waals surface area contributed by atoms with Crippen LogP contribution in [0.15, 0.2) is 23.3 Å². The summed E-state index contributed by atoms with van der Waals surface area (Å²) in [6.07, 6.45) is -4.28. The number of hydrogen-bond acceptors (Lipinski definition) is 3. The van der Waals surface area contributed by atoms with Gasteiger partial charge in [-0.3, -0.25) is 4.79 Å². The number of hydrazone groups is 1. The van der Waals surface area contributed by atoms with E-state index in [-0.39, 0.29) is 5.69 Å². The Morgan fingerprint density at radius 3 is 2.73 bits per heavy atom. The zero-order valence-electron chi connectivity index (χ0n) is 11.7. The van der Waals surface area contributed by atoms with Gasteiger partial charge in [0.15, 0.2) is 0 Å². The average molecular weight is 315 g/mol. The minimum atomic E-state index is -4.83. The quantitative estimate of drug-likeness (QED) is 0.810. The molecule has 3 rings (SSSR count). The first-order valence-corrected chi connectivity index (χ1v) is 6.73. The minimum Gasteiger partial charge on any atom is -0.315 e. The molecule has 0 radical (unpaired) electrons. The van der Waals surface area contributed by atoms with Crippen molar-refractivity contribution >= 4 is 17.3 Å². The van der Waals surface area contributed by atoms with E-state index in [4.69, 9.17) is 0 Å². The number of rotatable bonds is 1. The smallest absolute Gasteiger partial charge is 0.315 e. The third-order valence-electron chi connectivity index (χ3n) is 4.04. The number of anilines is 1. The molecule has 1 atom stereocenters. The molecule has 1 fully saturated rings. The Labute approximate surface area is 123 Å². The van der Waals surface area contributed by atoms with Crippen molar-refractivity contribution in [3.05, 3.63) is 29.6 Å². The third-order valence-corrected chi connectivity index (χ3v) is 4.04. The van der Waals surface area contributed by atoms with Gasteiger partial charge in [-0.15, -0.1) is 0 Å². The average Bonchev–Trinajstić information content (AvgIpc) is 2.71. The Morgan fingerprint density at radius 2 is 2.09 bits per heavy atom. The standard InChI is InChI=1S/C14H13F4N3O/c1-13-7-19-5-4-11(13)20-21(12(13)22)8-2-3-10(15)9(6-8)14(16,17)18/h2-3,6,19H,4-5,7H2,1H3. The monoisotopic (exact) mass is 315 g/mol. The van der Waals surface area contributed by atoms with E-state index in [1.165, 1.54) is 0 Å². The molecule has 0 spiro atoms. The highest BCUT2D eigenvalue weighted by atomic mass is 19.4. The predicted octanol–water partition coefficient (Wildman–Crippen LogP) is 2.55. The fraction of sp³-hybridized carbons (Fsp3) is 0.429.